The monoisotopic (exact) mass is 492 g/mol. The van der Waals surface area contributed by atoms with E-state index in [-0.39, 0.29) is 23.9 Å². The molecule has 5 heteroatoms. The summed E-state index contributed by atoms with van der Waals surface area (Å²) in [6.07, 6.45) is 3.99. The largest absolute Gasteiger partial charge is 0.508 e. The number of halogens is 1. The maximum Gasteiger partial charge on any atom is 0.119 e. The van der Waals surface area contributed by atoms with Gasteiger partial charge in [0.25, 0.3) is 0 Å². The van der Waals surface area contributed by atoms with Crippen LogP contribution in [0.1, 0.15) is 55.8 Å². The standard InChI is InChI=1S/C30H36N2O2.ClH/c1-30(2)27-21-25(33)13-16-28(27)32(29(30)24-9-5-3-6-10-24)22-23-11-14-26(15-12-23)34-20-19-31-17-7-4-8-18-31;/h3,5-6,9-16,21,29,33H,4,7-8,17-20,22H2,1-2H3;1H. The normalized spacial score (nSPS) is 19.1. The van der Waals surface area contributed by atoms with E-state index >= 15 is 0 Å². The van der Waals surface area contributed by atoms with Gasteiger partial charge < -0.3 is 14.7 Å². The minimum absolute atomic E-state index is 0. The molecule has 4 nitrogen and oxygen atoms in total. The second kappa shape index (κ2) is 10.9. The van der Waals surface area contributed by atoms with Gasteiger partial charge in [-0.15, -0.1) is 12.4 Å². The molecule has 0 amide bonds. The summed E-state index contributed by atoms with van der Waals surface area (Å²) in [5, 5.41) is 10.2. The molecular weight excluding hydrogens is 456 g/mol. The first kappa shape index (κ1) is 25.4. The summed E-state index contributed by atoms with van der Waals surface area (Å²) in [5.41, 5.74) is 4.80. The molecule has 1 N–H and O–H groups in total. The zero-order valence-corrected chi connectivity index (χ0v) is 21.6. The molecule has 3 aromatic rings. The van der Waals surface area contributed by atoms with Gasteiger partial charge in [-0.3, -0.25) is 4.90 Å². The number of phenolic OH excluding ortho intramolecular Hbond substituents is 1. The zero-order valence-electron chi connectivity index (χ0n) is 20.8. The number of piperidine rings is 1. The van der Waals surface area contributed by atoms with Crippen LogP contribution in [-0.4, -0.2) is 36.2 Å². The van der Waals surface area contributed by atoms with E-state index in [1.807, 2.05) is 6.07 Å². The zero-order chi connectivity index (χ0) is 23.5. The van der Waals surface area contributed by atoms with Crippen molar-refractivity contribution in [2.24, 2.45) is 0 Å². The smallest absolute Gasteiger partial charge is 0.119 e. The average molecular weight is 493 g/mol. The van der Waals surface area contributed by atoms with Gasteiger partial charge in [-0.1, -0.05) is 62.7 Å². The van der Waals surface area contributed by atoms with Crippen LogP contribution in [0.5, 0.6) is 11.5 Å². The molecule has 0 saturated carbocycles. The van der Waals surface area contributed by atoms with Crippen molar-refractivity contribution in [3.8, 4) is 11.5 Å². The fourth-order valence-electron chi connectivity index (χ4n) is 5.74. The van der Waals surface area contributed by atoms with Crippen LogP contribution < -0.4 is 9.64 Å². The number of ether oxygens (including phenoxy) is 1. The van der Waals surface area contributed by atoms with Crippen LogP contribution in [0.3, 0.4) is 0 Å². The topological polar surface area (TPSA) is 35.9 Å². The van der Waals surface area contributed by atoms with E-state index in [1.165, 1.54) is 54.7 Å². The van der Waals surface area contributed by atoms with Crippen LogP contribution in [0, 0.1) is 0 Å². The van der Waals surface area contributed by atoms with Crippen molar-refractivity contribution in [1.29, 1.82) is 0 Å². The molecule has 2 aliphatic heterocycles. The van der Waals surface area contributed by atoms with Crippen molar-refractivity contribution in [3.63, 3.8) is 0 Å². The van der Waals surface area contributed by atoms with Crippen LogP contribution >= 0.6 is 12.4 Å². The maximum absolute atomic E-state index is 10.2. The van der Waals surface area contributed by atoms with E-state index in [0.717, 1.165) is 25.4 Å². The summed E-state index contributed by atoms with van der Waals surface area (Å²) >= 11 is 0. The lowest BCUT2D eigenvalue weighted by Crippen LogP contribution is -2.33. The number of fused-ring (bicyclic) bond motifs is 1. The summed E-state index contributed by atoms with van der Waals surface area (Å²) < 4.78 is 6.04. The molecule has 2 heterocycles. The van der Waals surface area contributed by atoms with Crippen LogP contribution in [-0.2, 0) is 12.0 Å². The van der Waals surface area contributed by atoms with Gasteiger partial charge in [0.2, 0.25) is 0 Å². The highest BCUT2D eigenvalue weighted by Crippen LogP contribution is 2.54. The summed E-state index contributed by atoms with van der Waals surface area (Å²) in [6.45, 7) is 9.52. The van der Waals surface area contributed by atoms with Crippen LogP contribution in [0.25, 0.3) is 0 Å². The number of hydrogen-bond acceptors (Lipinski definition) is 4. The number of hydrogen-bond donors (Lipinski definition) is 1. The first-order valence-corrected chi connectivity index (χ1v) is 12.6. The van der Waals surface area contributed by atoms with E-state index in [2.05, 4.69) is 84.3 Å². The molecule has 0 spiro atoms. The van der Waals surface area contributed by atoms with E-state index < -0.39 is 0 Å². The molecule has 0 aliphatic carbocycles. The highest BCUT2D eigenvalue weighted by atomic mass is 35.5. The highest BCUT2D eigenvalue weighted by molar-refractivity contribution is 5.85. The quantitative estimate of drug-likeness (QED) is 0.397. The van der Waals surface area contributed by atoms with Gasteiger partial charge in [0.1, 0.15) is 18.1 Å². The number of likely N-dealkylation sites (tertiary alicyclic amines) is 1. The third kappa shape index (κ3) is 5.44. The molecule has 0 bridgehead atoms. The van der Waals surface area contributed by atoms with Crippen molar-refractivity contribution in [3.05, 3.63) is 89.5 Å². The van der Waals surface area contributed by atoms with Gasteiger partial charge in [-0.05, 0) is 73.0 Å². The minimum Gasteiger partial charge on any atom is -0.508 e. The Bertz CT molecular complexity index is 1100. The van der Waals surface area contributed by atoms with E-state index in [0.29, 0.717) is 5.75 Å². The van der Waals surface area contributed by atoms with Gasteiger partial charge in [-0.2, -0.15) is 0 Å². The second-order valence-electron chi connectivity index (χ2n) is 10.3. The lowest BCUT2D eigenvalue weighted by Gasteiger charge is -2.35. The molecule has 1 unspecified atom stereocenters. The van der Waals surface area contributed by atoms with Crippen LogP contribution in [0.2, 0.25) is 0 Å². The minimum atomic E-state index is -0.132. The second-order valence-corrected chi connectivity index (χ2v) is 10.3. The summed E-state index contributed by atoms with van der Waals surface area (Å²) in [6, 6.07) is 25.3. The summed E-state index contributed by atoms with van der Waals surface area (Å²) in [5.74, 6) is 1.26. The molecule has 2 aliphatic rings. The number of benzene rings is 3. The molecule has 5 rings (SSSR count). The maximum atomic E-state index is 10.2. The SMILES string of the molecule is CC1(C)c2cc(O)ccc2N(Cc2ccc(OCCN3CCCCC3)cc2)C1c1ccccc1.Cl. The van der Waals surface area contributed by atoms with Crippen LogP contribution in [0.15, 0.2) is 72.8 Å². The third-order valence-corrected chi connectivity index (χ3v) is 7.50. The fourth-order valence-corrected chi connectivity index (χ4v) is 5.74. The Morgan fingerprint density at radius 2 is 1.63 bits per heavy atom. The van der Waals surface area contributed by atoms with Gasteiger partial charge in [0, 0.05) is 24.2 Å². The molecular formula is C30H37ClN2O2. The number of aromatic hydroxyl groups is 1. The van der Waals surface area contributed by atoms with Gasteiger partial charge in [-0.25, -0.2) is 0 Å². The Morgan fingerprint density at radius 3 is 2.34 bits per heavy atom. The Kier molecular flexibility index (Phi) is 7.93. The first-order chi connectivity index (χ1) is 16.5. The van der Waals surface area contributed by atoms with Gasteiger partial charge in [0.15, 0.2) is 0 Å². The predicted octanol–water partition coefficient (Wildman–Crippen LogP) is 6.72. The van der Waals surface area contributed by atoms with Crippen LogP contribution in [0.4, 0.5) is 5.69 Å². The predicted molar refractivity (Wildman–Crippen MR) is 146 cm³/mol. The fraction of sp³-hybridized carbons (Fsp3) is 0.400. The molecule has 1 atom stereocenters. The molecule has 0 radical (unpaired) electrons. The van der Waals surface area contributed by atoms with Crippen molar-refractivity contribution in [1.82, 2.24) is 4.90 Å². The number of rotatable bonds is 7. The third-order valence-electron chi connectivity index (χ3n) is 7.50. The Labute approximate surface area is 215 Å². The molecule has 35 heavy (non-hydrogen) atoms. The number of phenols is 1. The number of anilines is 1. The molecule has 0 aromatic heterocycles. The molecule has 1 fully saturated rings. The Morgan fingerprint density at radius 1 is 0.914 bits per heavy atom. The van der Waals surface area contributed by atoms with E-state index in [9.17, 15) is 5.11 Å². The lowest BCUT2D eigenvalue weighted by molar-refractivity contribution is 0.183. The molecule has 3 aromatic carbocycles. The van der Waals surface area contributed by atoms with E-state index in [4.69, 9.17) is 4.74 Å². The average Bonchev–Trinajstić information content (AvgIpc) is 3.07. The van der Waals surface area contributed by atoms with Crippen molar-refractivity contribution in [2.75, 3.05) is 31.1 Å². The molecule has 1 saturated heterocycles. The Hall–Kier alpha value is -2.69. The van der Waals surface area contributed by atoms with Crippen molar-refractivity contribution >= 4 is 18.1 Å². The first-order valence-electron chi connectivity index (χ1n) is 12.6. The van der Waals surface area contributed by atoms with Crippen molar-refractivity contribution in [2.45, 2.75) is 51.1 Å². The highest BCUT2D eigenvalue weighted by Gasteiger charge is 2.45. The number of nitrogens with zero attached hydrogens (tertiary/aromatic N) is 2. The molecule has 186 valence electrons. The summed E-state index contributed by atoms with van der Waals surface area (Å²) in [4.78, 5) is 4.99. The van der Waals surface area contributed by atoms with Gasteiger partial charge in [0.05, 0.1) is 6.04 Å². The van der Waals surface area contributed by atoms with Gasteiger partial charge >= 0.3 is 0 Å². The Balaban J connectivity index is 0.00000289. The summed E-state index contributed by atoms with van der Waals surface area (Å²) in [7, 11) is 0. The van der Waals surface area contributed by atoms with E-state index in [1.54, 1.807) is 6.07 Å². The van der Waals surface area contributed by atoms with Crippen molar-refractivity contribution < 1.29 is 9.84 Å². The lowest BCUT2D eigenvalue weighted by atomic mass is 9.77.